The number of nitrogens with one attached hydrogen (secondary N) is 2. The van der Waals surface area contributed by atoms with E-state index in [1.165, 1.54) is 4.90 Å². The van der Waals surface area contributed by atoms with Crippen molar-refractivity contribution < 1.29 is 14.5 Å². The lowest BCUT2D eigenvalue weighted by Crippen LogP contribution is -3.16. The molecule has 118 valence electrons. The summed E-state index contributed by atoms with van der Waals surface area (Å²) in [6.45, 7) is 4.70. The Hall–Kier alpha value is -1.88. The van der Waals surface area contributed by atoms with Gasteiger partial charge >= 0.3 is 0 Å². The van der Waals surface area contributed by atoms with Crippen molar-refractivity contribution in [2.45, 2.75) is 31.8 Å². The van der Waals surface area contributed by atoms with Gasteiger partial charge < -0.3 is 15.1 Å². The highest BCUT2D eigenvalue weighted by Gasteiger charge is 2.36. The van der Waals surface area contributed by atoms with Crippen LogP contribution in [0, 0.1) is 0 Å². The number of nitrogens with zero attached hydrogens (tertiary/aromatic N) is 1. The molecule has 0 bridgehead atoms. The molecule has 2 N–H and O–H groups in total. The molecule has 1 saturated heterocycles. The molecule has 0 radical (unpaired) electrons. The van der Waals surface area contributed by atoms with Crippen molar-refractivity contribution in [1.82, 2.24) is 10.2 Å². The fourth-order valence-corrected chi connectivity index (χ4v) is 3.13. The first-order valence-corrected chi connectivity index (χ1v) is 8.10. The van der Waals surface area contributed by atoms with Crippen molar-refractivity contribution in [1.29, 1.82) is 0 Å². The van der Waals surface area contributed by atoms with E-state index >= 15 is 0 Å². The fraction of sp³-hybridized carbons (Fsp3) is 0.529. The van der Waals surface area contributed by atoms with Gasteiger partial charge in [-0.15, -0.1) is 0 Å². The van der Waals surface area contributed by atoms with Crippen molar-refractivity contribution in [3.8, 4) is 0 Å². The Morgan fingerprint density at radius 2 is 1.82 bits per heavy atom. The maximum absolute atomic E-state index is 12.7. The summed E-state index contributed by atoms with van der Waals surface area (Å²) in [7, 11) is 0. The van der Waals surface area contributed by atoms with Crippen LogP contribution in [0.3, 0.4) is 0 Å². The highest BCUT2D eigenvalue weighted by atomic mass is 16.2. The Morgan fingerprint density at radius 1 is 1.18 bits per heavy atom. The Balaban J connectivity index is 1.73. The zero-order chi connectivity index (χ0) is 15.5. The molecule has 1 atom stereocenters. The van der Waals surface area contributed by atoms with Crippen molar-refractivity contribution in [3.63, 3.8) is 0 Å². The average Bonchev–Trinajstić information content (AvgIpc) is 3.33. The van der Waals surface area contributed by atoms with Gasteiger partial charge in [0.05, 0.1) is 26.2 Å². The molecular weight excluding hydrogens is 278 g/mol. The molecule has 1 aliphatic heterocycles. The van der Waals surface area contributed by atoms with Crippen molar-refractivity contribution >= 4 is 11.8 Å². The summed E-state index contributed by atoms with van der Waals surface area (Å²) in [5.74, 6) is 0.248. The number of carbonyl (C=O) groups excluding carboxylic acids is 2. The van der Waals surface area contributed by atoms with E-state index in [1.807, 2.05) is 35.2 Å². The number of hydrogen-bond acceptors (Lipinski definition) is 2. The van der Waals surface area contributed by atoms with Gasteiger partial charge in [0.1, 0.15) is 0 Å². The van der Waals surface area contributed by atoms with Crippen LogP contribution in [0.4, 0.5) is 0 Å². The number of piperazine rings is 1. The lowest BCUT2D eigenvalue weighted by molar-refractivity contribution is -0.925. The fourth-order valence-electron chi connectivity index (χ4n) is 3.13. The molecule has 2 fully saturated rings. The zero-order valence-electron chi connectivity index (χ0n) is 13.0. The van der Waals surface area contributed by atoms with Crippen molar-refractivity contribution in [2.75, 3.05) is 26.2 Å². The van der Waals surface area contributed by atoms with E-state index in [-0.39, 0.29) is 17.9 Å². The van der Waals surface area contributed by atoms with E-state index in [2.05, 4.69) is 5.32 Å². The maximum Gasteiger partial charge on any atom is 0.283 e. The second-order valence-corrected chi connectivity index (χ2v) is 6.29. The molecule has 1 aromatic rings. The summed E-state index contributed by atoms with van der Waals surface area (Å²) >= 11 is 0. The average molecular weight is 302 g/mol. The van der Waals surface area contributed by atoms with Gasteiger partial charge in [0.2, 0.25) is 5.91 Å². The van der Waals surface area contributed by atoms with Crippen LogP contribution in [0.2, 0.25) is 0 Å². The molecule has 1 aliphatic carbocycles. The Morgan fingerprint density at radius 3 is 2.36 bits per heavy atom. The summed E-state index contributed by atoms with van der Waals surface area (Å²) in [4.78, 5) is 27.3. The molecule has 5 nitrogen and oxygen atoms in total. The topological polar surface area (TPSA) is 53.9 Å². The molecular formula is C17H24N3O2+. The number of benzene rings is 1. The van der Waals surface area contributed by atoms with E-state index < -0.39 is 0 Å². The van der Waals surface area contributed by atoms with Gasteiger partial charge in [0, 0.05) is 18.5 Å². The SMILES string of the molecule is CC(=O)N1CC[NH+]([C@H](C(=O)NC2CC2)c2ccccc2)CC1. The lowest BCUT2D eigenvalue weighted by atomic mass is 10.0. The number of amides is 2. The van der Waals surface area contributed by atoms with E-state index in [4.69, 9.17) is 0 Å². The Labute approximate surface area is 131 Å². The molecule has 1 heterocycles. The summed E-state index contributed by atoms with van der Waals surface area (Å²) < 4.78 is 0. The smallest absolute Gasteiger partial charge is 0.283 e. The molecule has 3 rings (SSSR count). The molecule has 5 heteroatoms. The Kier molecular flexibility index (Phi) is 4.43. The quantitative estimate of drug-likeness (QED) is 0.806. The van der Waals surface area contributed by atoms with E-state index in [1.54, 1.807) is 6.92 Å². The monoisotopic (exact) mass is 302 g/mol. The first-order valence-electron chi connectivity index (χ1n) is 8.10. The summed E-state index contributed by atoms with van der Waals surface area (Å²) in [5, 5.41) is 3.14. The van der Waals surface area contributed by atoms with Gasteiger partial charge in [-0.05, 0) is 12.8 Å². The minimum absolute atomic E-state index is 0.123. The third kappa shape index (κ3) is 3.47. The minimum atomic E-state index is -0.170. The van der Waals surface area contributed by atoms with Crippen LogP contribution in [-0.4, -0.2) is 48.9 Å². The lowest BCUT2D eigenvalue weighted by Gasteiger charge is -2.35. The largest absolute Gasteiger partial charge is 0.348 e. The second-order valence-electron chi connectivity index (χ2n) is 6.29. The third-order valence-electron chi connectivity index (χ3n) is 4.58. The van der Waals surface area contributed by atoms with Crippen LogP contribution < -0.4 is 10.2 Å². The summed E-state index contributed by atoms with van der Waals surface area (Å²) in [6.07, 6.45) is 2.20. The molecule has 22 heavy (non-hydrogen) atoms. The first-order chi connectivity index (χ1) is 10.6. The van der Waals surface area contributed by atoms with Gasteiger partial charge in [-0.3, -0.25) is 9.59 Å². The van der Waals surface area contributed by atoms with Gasteiger partial charge in [-0.25, -0.2) is 0 Å². The standard InChI is InChI=1S/C17H23N3O2/c1-13(21)19-9-11-20(12-10-19)16(14-5-3-2-4-6-14)17(22)18-15-7-8-15/h2-6,15-16H,7-12H2,1H3,(H,18,22)/p+1/t16-/m0/s1. The van der Waals surface area contributed by atoms with Crippen LogP contribution in [0.15, 0.2) is 30.3 Å². The predicted octanol–water partition coefficient (Wildman–Crippen LogP) is -0.247. The normalized spacial score (nSPS) is 20.5. The van der Waals surface area contributed by atoms with Gasteiger partial charge in [-0.1, -0.05) is 30.3 Å². The number of quaternary nitrogens is 1. The van der Waals surface area contributed by atoms with Crippen LogP contribution in [0.25, 0.3) is 0 Å². The number of hydrogen-bond donors (Lipinski definition) is 2. The van der Waals surface area contributed by atoms with Crippen molar-refractivity contribution in [2.24, 2.45) is 0 Å². The third-order valence-corrected chi connectivity index (χ3v) is 4.58. The molecule has 0 unspecified atom stereocenters. The minimum Gasteiger partial charge on any atom is -0.348 e. The summed E-state index contributed by atoms with van der Waals surface area (Å²) in [6, 6.07) is 10.2. The summed E-state index contributed by atoms with van der Waals surface area (Å²) in [5.41, 5.74) is 1.06. The maximum atomic E-state index is 12.7. The van der Waals surface area contributed by atoms with Crippen molar-refractivity contribution in [3.05, 3.63) is 35.9 Å². The van der Waals surface area contributed by atoms with Crippen LogP contribution in [0.5, 0.6) is 0 Å². The first kappa shape index (κ1) is 15.0. The van der Waals surface area contributed by atoms with Gasteiger partial charge in [-0.2, -0.15) is 0 Å². The Bertz CT molecular complexity index is 534. The van der Waals surface area contributed by atoms with E-state index in [9.17, 15) is 9.59 Å². The predicted molar refractivity (Wildman–Crippen MR) is 83.3 cm³/mol. The molecule has 0 spiro atoms. The highest BCUT2D eigenvalue weighted by molar-refractivity contribution is 5.82. The molecule has 2 amide bonds. The molecule has 0 aromatic heterocycles. The van der Waals surface area contributed by atoms with Crippen LogP contribution >= 0.6 is 0 Å². The molecule has 1 aromatic carbocycles. The second kappa shape index (κ2) is 6.48. The van der Waals surface area contributed by atoms with Gasteiger partial charge in [0.15, 0.2) is 6.04 Å². The van der Waals surface area contributed by atoms with E-state index in [0.717, 1.165) is 44.6 Å². The van der Waals surface area contributed by atoms with E-state index in [0.29, 0.717) is 6.04 Å². The number of rotatable bonds is 4. The van der Waals surface area contributed by atoms with Crippen LogP contribution in [-0.2, 0) is 9.59 Å². The zero-order valence-corrected chi connectivity index (χ0v) is 13.0. The molecule has 1 saturated carbocycles. The number of carbonyl (C=O) groups is 2. The highest BCUT2D eigenvalue weighted by Crippen LogP contribution is 2.20. The van der Waals surface area contributed by atoms with Gasteiger partial charge in [0.25, 0.3) is 5.91 Å². The molecule has 2 aliphatic rings. The van der Waals surface area contributed by atoms with Crippen LogP contribution in [0.1, 0.15) is 31.4 Å².